The first kappa shape index (κ1) is 18.4. The molecule has 146 valence electrons. The summed E-state index contributed by atoms with van der Waals surface area (Å²) in [5.41, 5.74) is 1.81. The summed E-state index contributed by atoms with van der Waals surface area (Å²) in [5.74, 6) is -0.718. The molecule has 1 aliphatic carbocycles. The molecule has 0 bridgehead atoms. The van der Waals surface area contributed by atoms with Gasteiger partial charge in [-0.3, -0.25) is 14.2 Å². The number of hydrogen-bond acceptors (Lipinski definition) is 6. The van der Waals surface area contributed by atoms with Crippen molar-refractivity contribution < 1.29 is 14.3 Å². The van der Waals surface area contributed by atoms with Gasteiger partial charge in [-0.25, -0.2) is 4.79 Å². The highest BCUT2D eigenvalue weighted by atomic mass is 32.1. The van der Waals surface area contributed by atoms with Gasteiger partial charge in [0, 0.05) is 23.5 Å². The van der Waals surface area contributed by atoms with E-state index in [1.165, 1.54) is 11.3 Å². The summed E-state index contributed by atoms with van der Waals surface area (Å²) >= 11 is 1.47. The molecule has 1 amide bonds. The number of carbonyl (C=O) groups excluding carboxylic acids is 2. The zero-order chi connectivity index (χ0) is 19.5. The molecule has 0 radical (unpaired) electrons. The van der Waals surface area contributed by atoms with Gasteiger partial charge in [-0.2, -0.15) is 10.2 Å². The van der Waals surface area contributed by atoms with Crippen LogP contribution in [0.5, 0.6) is 0 Å². The van der Waals surface area contributed by atoms with Gasteiger partial charge in [0.2, 0.25) is 0 Å². The maximum Gasteiger partial charge on any atom is 0.341 e. The number of esters is 1. The number of nitrogens with zero attached hydrogens (tertiary/aromatic N) is 4. The third-order valence-corrected chi connectivity index (χ3v) is 5.81. The fraction of sp³-hybridized carbons (Fsp3) is 0.368. The topological polar surface area (TPSA) is 91.0 Å². The summed E-state index contributed by atoms with van der Waals surface area (Å²) in [7, 11) is 0. The second kappa shape index (κ2) is 7.97. The van der Waals surface area contributed by atoms with Crippen molar-refractivity contribution in [1.82, 2.24) is 19.6 Å². The Balaban J connectivity index is 1.55. The first-order chi connectivity index (χ1) is 13.7. The lowest BCUT2D eigenvalue weighted by Crippen LogP contribution is -2.17. The summed E-state index contributed by atoms with van der Waals surface area (Å²) in [6.45, 7) is 2.50. The molecule has 0 saturated carbocycles. The molecule has 0 unspecified atom stereocenters. The summed E-state index contributed by atoms with van der Waals surface area (Å²) < 4.78 is 8.57. The highest BCUT2D eigenvalue weighted by Crippen LogP contribution is 2.38. The molecule has 0 aromatic carbocycles. The molecule has 3 aromatic rings. The Morgan fingerprint density at radius 2 is 2.11 bits per heavy atom. The fourth-order valence-electron chi connectivity index (χ4n) is 3.33. The van der Waals surface area contributed by atoms with Crippen molar-refractivity contribution in [2.24, 2.45) is 0 Å². The Kier molecular flexibility index (Phi) is 5.25. The smallest absolute Gasteiger partial charge is 0.341 e. The molecule has 0 spiro atoms. The van der Waals surface area contributed by atoms with E-state index < -0.39 is 0 Å². The van der Waals surface area contributed by atoms with Crippen LogP contribution in [0.1, 0.15) is 51.1 Å². The first-order valence-corrected chi connectivity index (χ1v) is 10.1. The van der Waals surface area contributed by atoms with Gasteiger partial charge in [0.1, 0.15) is 11.7 Å². The number of hydrogen-bond donors (Lipinski definition) is 1. The summed E-state index contributed by atoms with van der Waals surface area (Å²) in [4.78, 5) is 26.4. The Morgan fingerprint density at radius 1 is 1.25 bits per heavy atom. The predicted molar refractivity (Wildman–Crippen MR) is 105 cm³/mol. The number of anilines is 1. The molecule has 0 fully saturated rings. The number of ether oxygens (including phenoxy) is 1. The molecule has 8 nitrogen and oxygen atoms in total. The van der Waals surface area contributed by atoms with Gasteiger partial charge in [-0.1, -0.05) is 0 Å². The lowest BCUT2D eigenvalue weighted by Gasteiger charge is -2.12. The minimum atomic E-state index is -0.374. The maximum atomic E-state index is 12.7. The van der Waals surface area contributed by atoms with Crippen LogP contribution in [0, 0.1) is 0 Å². The van der Waals surface area contributed by atoms with Crippen LogP contribution in [-0.2, 0) is 24.2 Å². The molecule has 1 N–H and O–H groups in total. The van der Waals surface area contributed by atoms with E-state index in [4.69, 9.17) is 4.74 Å². The van der Waals surface area contributed by atoms with E-state index in [9.17, 15) is 9.59 Å². The molecule has 3 heterocycles. The molecule has 3 aromatic heterocycles. The number of amides is 1. The number of fused-ring (bicyclic) bond motifs is 1. The molecule has 0 saturated heterocycles. The second-order valence-electron chi connectivity index (χ2n) is 6.52. The Labute approximate surface area is 166 Å². The van der Waals surface area contributed by atoms with E-state index in [1.54, 1.807) is 34.7 Å². The number of thiophene rings is 1. The van der Waals surface area contributed by atoms with Gasteiger partial charge in [0.25, 0.3) is 5.91 Å². The third-order valence-electron chi connectivity index (χ3n) is 4.60. The highest BCUT2D eigenvalue weighted by molar-refractivity contribution is 7.17. The van der Waals surface area contributed by atoms with Crippen LogP contribution in [0.4, 0.5) is 5.00 Å². The van der Waals surface area contributed by atoms with Crippen molar-refractivity contribution in [2.45, 2.75) is 39.3 Å². The maximum absolute atomic E-state index is 12.7. The van der Waals surface area contributed by atoms with Gasteiger partial charge < -0.3 is 10.1 Å². The van der Waals surface area contributed by atoms with E-state index in [0.29, 0.717) is 23.8 Å². The number of aryl methyl sites for hydroxylation is 1. The van der Waals surface area contributed by atoms with Gasteiger partial charge >= 0.3 is 5.97 Å². The van der Waals surface area contributed by atoms with Crippen molar-refractivity contribution in [1.29, 1.82) is 0 Å². The normalized spacial score (nSPS) is 13.2. The molecule has 1 aliphatic rings. The zero-order valence-corrected chi connectivity index (χ0v) is 16.4. The monoisotopic (exact) mass is 399 g/mol. The van der Waals surface area contributed by atoms with Gasteiger partial charge in [0.15, 0.2) is 5.69 Å². The average molecular weight is 399 g/mol. The van der Waals surface area contributed by atoms with Gasteiger partial charge in [0.05, 0.1) is 12.2 Å². The van der Waals surface area contributed by atoms with Crippen molar-refractivity contribution in [3.8, 4) is 0 Å². The minimum Gasteiger partial charge on any atom is -0.462 e. The molecule has 9 heteroatoms. The quantitative estimate of drug-likeness (QED) is 0.644. The van der Waals surface area contributed by atoms with Crippen LogP contribution in [0.2, 0.25) is 0 Å². The summed E-state index contributed by atoms with van der Waals surface area (Å²) in [6, 6.07) is 3.48. The SMILES string of the molecule is CCOC(=O)c1c(NC(=O)c2ccn(Cn3cccn3)n2)sc2c1CCCC2. The summed E-state index contributed by atoms with van der Waals surface area (Å²) in [6.07, 6.45) is 9.15. The Morgan fingerprint density at radius 3 is 2.89 bits per heavy atom. The fourth-order valence-corrected chi connectivity index (χ4v) is 4.61. The van der Waals surface area contributed by atoms with E-state index in [0.717, 1.165) is 36.1 Å². The van der Waals surface area contributed by atoms with Crippen LogP contribution in [0.15, 0.2) is 30.7 Å². The standard InChI is InChI=1S/C19H21N5O3S/c1-2-27-19(26)16-13-6-3-4-7-15(13)28-18(16)21-17(25)14-8-11-24(22-14)12-23-10-5-9-20-23/h5,8-11H,2-4,6-7,12H2,1H3,(H,21,25). The number of rotatable bonds is 6. The summed E-state index contributed by atoms with van der Waals surface area (Å²) in [5, 5.41) is 11.9. The van der Waals surface area contributed by atoms with Crippen LogP contribution < -0.4 is 5.32 Å². The number of nitrogens with one attached hydrogen (secondary N) is 1. The van der Waals surface area contributed by atoms with Crippen molar-refractivity contribution >= 4 is 28.2 Å². The van der Waals surface area contributed by atoms with Gasteiger partial charge in [-0.05, 0) is 50.3 Å². The molecule has 4 rings (SSSR count). The van der Waals surface area contributed by atoms with E-state index >= 15 is 0 Å². The predicted octanol–water partition coefficient (Wildman–Crippen LogP) is 2.95. The Bertz CT molecular complexity index is 990. The number of aromatic nitrogens is 4. The lowest BCUT2D eigenvalue weighted by atomic mass is 9.95. The van der Waals surface area contributed by atoms with Crippen LogP contribution >= 0.6 is 11.3 Å². The molecule has 0 aliphatic heterocycles. The van der Waals surface area contributed by atoms with E-state index in [-0.39, 0.29) is 17.6 Å². The largest absolute Gasteiger partial charge is 0.462 e. The average Bonchev–Trinajstić information content (AvgIpc) is 3.41. The van der Waals surface area contributed by atoms with E-state index in [1.807, 2.05) is 12.3 Å². The minimum absolute atomic E-state index is 0.285. The Hall–Kier alpha value is -2.94. The molecule has 0 atom stereocenters. The highest BCUT2D eigenvalue weighted by Gasteiger charge is 2.27. The molecule has 28 heavy (non-hydrogen) atoms. The van der Waals surface area contributed by atoms with Crippen molar-refractivity contribution in [3.05, 3.63) is 52.4 Å². The molecular weight excluding hydrogens is 378 g/mol. The van der Waals surface area contributed by atoms with Crippen LogP contribution in [0.3, 0.4) is 0 Å². The first-order valence-electron chi connectivity index (χ1n) is 9.29. The zero-order valence-electron chi connectivity index (χ0n) is 15.6. The van der Waals surface area contributed by atoms with Crippen LogP contribution in [0.25, 0.3) is 0 Å². The van der Waals surface area contributed by atoms with Crippen molar-refractivity contribution in [2.75, 3.05) is 11.9 Å². The second-order valence-corrected chi connectivity index (χ2v) is 7.62. The van der Waals surface area contributed by atoms with Gasteiger partial charge in [-0.15, -0.1) is 11.3 Å². The van der Waals surface area contributed by atoms with E-state index in [2.05, 4.69) is 15.5 Å². The van der Waals surface area contributed by atoms with Crippen LogP contribution in [-0.4, -0.2) is 38.0 Å². The van der Waals surface area contributed by atoms with Crippen molar-refractivity contribution in [3.63, 3.8) is 0 Å². The third kappa shape index (κ3) is 3.70. The lowest BCUT2D eigenvalue weighted by molar-refractivity contribution is 0.0526. The molecular formula is C19H21N5O3S. The number of carbonyl (C=O) groups is 2.